The molecule has 0 unspecified atom stereocenters. The van der Waals surface area contributed by atoms with Crippen molar-refractivity contribution in [3.8, 4) is 11.8 Å². The molecule has 3 nitrogen and oxygen atoms in total. The van der Waals surface area contributed by atoms with Gasteiger partial charge in [0.2, 0.25) is 0 Å². The van der Waals surface area contributed by atoms with E-state index in [0.29, 0.717) is 5.56 Å². The minimum absolute atomic E-state index is 0.0637. The molecule has 0 atom stereocenters. The van der Waals surface area contributed by atoms with Gasteiger partial charge in [-0.15, -0.1) is 0 Å². The summed E-state index contributed by atoms with van der Waals surface area (Å²) in [4.78, 5) is 11.9. The van der Waals surface area contributed by atoms with Crippen molar-refractivity contribution >= 4 is 17.5 Å². The summed E-state index contributed by atoms with van der Waals surface area (Å²) in [6.45, 7) is 0.159. The van der Waals surface area contributed by atoms with Crippen molar-refractivity contribution in [3.63, 3.8) is 0 Å². The summed E-state index contributed by atoms with van der Waals surface area (Å²) >= 11 is 5.94. The van der Waals surface area contributed by atoms with Crippen molar-refractivity contribution in [2.45, 2.75) is 24.6 Å². The number of amides is 1. The van der Waals surface area contributed by atoms with Crippen LogP contribution in [-0.4, -0.2) is 24.2 Å². The largest absolute Gasteiger partial charge is 0.411 e. The zero-order chi connectivity index (χ0) is 15.7. The number of halogens is 4. The summed E-state index contributed by atoms with van der Waals surface area (Å²) < 4.78 is 38.4. The Morgan fingerprint density at radius 2 is 2.10 bits per heavy atom. The fourth-order valence-corrected chi connectivity index (χ4v) is 2.03. The molecule has 1 aliphatic rings. The van der Waals surface area contributed by atoms with E-state index < -0.39 is 17.6 Å². The quantitative estimate of drug-likeness (QED) is 0.824. The summed E-state index contributed by atoms with van der Waals surface area (Å²) in [6.07, 6.45) is -4.65. The predicted octanol–water partition coefficient (Wildman–Crippen LogP) is 2.47. The van der Waals surface area contributed by atoms with Crippen molar-refractivity contribution in [1.29, 1.82) is 0 Å². The molecule has 0 saturated heterocycles. The number of carbonyl (C=O) groups excluding carboxylic acids is 1. The first-order valence-corrected chi connectivity index (χ1v) is 6.54. The van der Waals surface area contributed by atoms with Crippen LogP contribution in [0.15, 0.2) is 18.2 Å². The summed E-state index contributed by atoms with van der Waals surface area (Å²) in [5, 5.41) is 2.23. The van der Waals surface area contributed by atoms with Crippen LogP contribution < -0.4 is 11.1 Å². The monoisotopic (exact) mass is 316 g/mol. The van der Waals surface area contributed by atoms with E-state index in [9.17, 15) is 18.0 Å². The second kappa shape index (κ2) is 5.58. The van der Waals surface area contributed by atoms with Gasteiger partial charge in [0.1, 0.15) is 5.54 Å². The topological polar surface area (TPSA) is 55.1 Å². The number of rotatable bonds is 2. The van der Waals surface area contributed by atoms with E-state index >= 15 is 0 Å². The number of carbonyl (C=O) groups is 1. The van der Waals surface area contributed by atoms with Crippen LogP contribution in [0.3, 0.4) is 0 Å². The Labute approximate surface area is 124 Å². The van der Waals surface area contributed by atoms with E-state index in [1.54, 1.807) is 0 Å². The highest BCUT2D eigenvalue weighted by Crippen LogP contribution is 2.49. The minimum Gasteiger partial charge on any atom is -0.338 e. The molecule has 0 bridgehead atoms. The molecule has 21 heavy (non-hydrogen) atoms. The molecule has 112 valence electrons. The Morgan fingerprint density at radius 1 is 1.43 bits per heavy atom. The lowest BCUT2D eigenvalue weighted by Crippen LogP contribution is -2.47. The highest BCUT2D eigenvalue weighted by atomic mass is 35.5. The molecule has 0 aliphatic heterocycles. The van der Waals surface area contributed by atoms with E-state index in [-0.39, 0.29) is 30.0 Å². The van der Waals surface area contributed by atoms with Crippen LogP contribution in [0.1, 0.15) is 28.8 Å². The average molecular weight is 317 g/mol. The predicted molar refractivity (Wildman–Crippen MR) is 72.9 cm³/mol. The fourth-order valence-electron chi connectivity index (χ4n) is 1.80. The van der Waals surface area contributed by atoms with Gasteiger partial charge in [-0.25, -0.2) is 0 Å². The number of nitrogens with two attached hydrogens (primary N) is 1. The van der Waals surface area contributed by atoms with Crippen LogP contribution in [-0.2, 0) is 0 Å². The van der Waals surface area contributed by atoms with Crippen LogP contribution in [0.2, 0.25) is 5.02 Å². The third kappa shape index (κ3) is 3.31. The molecule has 0 spiro atoms. The first-order chi connectivity index (χ1) is 9.79. The molecule has 0 heterocycles. The molecular weight excluding hydrogens is 305 g/mol. The van der Waals surface area contributed by atoms with E-state index in [4.69, 9.17) is 17.3 Å². The molecule has 0 radical (unpaired) electrons. The van der Waals surface area contributed by atoms with Crippen molar-refractivity contribution in [1.82, 2.24) is 5.32 Å². The van der Waals surface area contributed by atoms with Crippen LogP contribution in [0.5, 0.6) is 0 Å². The minimum atomic E-state index is -4.45. The van der Waals surface area contributed by atoms with Crippen LogP contribution in [0, 0.1) is 11.8 Å². The zero-order valence-electron chi connectivity index (χ0n) is 10.9. The Kier molecular flexibility index (Phi) is 4.17. The number of benzene rings is 1. The Bertz CT molecular complexity index is 627. The van der Waals surface area contributed by atoms with E-state index in [1.165, 1.54) is 18.2 Å². The van der Waals surface area contributed by atoms with Gasteiger partial charge in [-0.05, 0) is 31.0 Å². The van der Waals surface area contributed by atoms with Crippen LogP contribution >= 0.6 is 11.6 Å². The summed E-state index contributed by atoms with van der Waals surface area (Å²) in [6, 6.07) is 4.16. The maximum atomic E-state index is 12.8. The first-order valence-electron chi connectivity index (χ1n) is 6.17. The number of alkyl halides is 3. The Balaban J connectivity index is 2.16. The standard InChI is InChI=1S/C14H12ClF3N2O/c15-11-8-10(4-3-9(11)2-1-7-19)12(21)20-13(5-6-13)14(16,17)18/h3-4,8H,5-7,19H2,(H,20,21). The lowest BCUT2D eigenvalue weighted by molar-refractivity contribution is -0.163. The molecule has 7 heteroatoms. The highest BCUT2D eigenvalue weighted by Gasteiger charge is 2.64. The molecule has 0 aromatic heterocycles. The highest BCUT2D eigenvalue weighted by molar-refractivity contribution is 6.32. The van der Waals surface area contributed by atoms with Gasteiger partial charge in [-0.1, -0.05) is 23.4 Å². The normalized spacial score (nSPS) is 15.9. The lowest BCUT2D eigenvalue weighted by Gasteiger charge is -2.20. The molecule has 1 amide bonds. The lowest BCUT2D eigenvalue weighted by atomic mass is 10.1. The van der Waals surface area contributed by atoms with Gasteiger partial charge in [-0.3, -0.25) is 4.79 Å². The van der Waals surface area contributed by atoms with Gasteiger partial charge >= 0.3 is 6.18 Å². The van der Waals surface area contributed by atoms with Crippen molar-refractivity contribution in [2.24, 2.45) is 5.73 Å². The van der Waals surface area contributed by atoms with Gasteiger partial charge < -0.3 is 11.1 Å². The molecule has 1 aliphatic carbocycles. The molecule has 1 fully saturated rings. The zero-order valence-corrected chi connectivity index (χ0v) is 11.6. The third-order valence-corrected chi connectivity index (χ3v) is 3.51. The summed E-state index contributed by atoms with van der Waals surface area (Å²) in [5.74, 6) is 4.51. The number of hydrogen-bond donors (Lipinski definition) is 2. The Hall–Kier alpha value is -1.71. The fraction of sp³-hybridized carbons (Fsp3) is 0.357. The summed E-state index contributed by atoms with van der Waals surface area (Å²) in [7, 11) is 0. The van der Waals surface area contributed by atoms with Gasteiger partial charge in [0, 0.05) is 11.1 Å². The van der Waals surface area contributed by atoms with Gasteiger partial charge in [0.25, 0.3) is 5.91 Å². The van der Waals surface area contributed by atoms with Crippen LogP contribution in [0.4, 0.5) is 13.2 Å². The molecular formula is C14H12ClF3N2O. The number of hydrogen-bond acceptors (Lipinski definition) is 2. The van der Waals surface area contributed by atoms with E-state index in [1.807, 2.05) is 5.32 Å². The first kappa shape index (κ1) is 15.7. The van der Waals surface area contributed by atoms with Crippen molar-refractivity contribution in [3.05, 3.63) is 34.3 Å². The molecule has 1 aromatic rings. The van der Waals surface area contributed by atoms with Gasteiger partial charge in [0.05, 0.1) is 11.6 Å². The van der Waals surface area contributed by atoms with E-state index in [2.05, 4.69) is 11.8 Å². The Morgan fingerprint density at radius 3 is 2.57 bits per heavy atom. The second-order valence-corrected chi connectivity index (χ2v) is 5.14. The average Bonchev–Trinajstić information content (AvgIpc) is 3.17. The molecule has 1 saturated carbocycles. The van der Waals surface area contributed by atoms with Gasteiger partial charge in [-0.2, -0.15) is 13.2 Å². The SMILES string of the molecule is NCC#Cc1ccc(C(=O)NC2(C(F)(F)F)CC2)cc1Cl. The third-order valence-electron chi connectivity index (χ3n) is 3.20. The van der Waals surface area contributed by atoms with E-state index in [0.717, 1.165) is 0 Å². The maximum Gasteiger partial charge on any atom is 0.411 e. The summed E-state index contributed by atoms with van der Waals surface area (Å²) in [5.41, 5.74) is 3.68. The maximum absolute atomic E-state index is 12.8. The molecule has 3 N–H and O–H groups in total. The second-order valence-electron chi connectivity index (χ2n) is 4.73. The van der Waals surface area contributed by atoms with Crippen molar-refractivity contribution in [2.75, 3.05) is 6.54 Å². The van der Waals surface area contributed by atoms with Gasteiger partial charge in [0.15, 0.2) is 0 Å². The molecule has 2 rings (SSSR count). The van der Waals surface area contributed by atoms with Crippen molar-refractivity contribution < 1.29 is 18.0 Å². The molecule has 1 aromatic carbocycles. The van der Waals surface area contributed by atoms with Crippen LogP contribution in [0.25, 0.3) is 0 Å². The number of nitrogens with one attached hydrogen (secondary N) is 1. The smallest absolute Gasteiger partial charge is 0.338 e.